The largest absolute Gasteiger partial charge is 0.490 e. The van der Waals surface area contributed by atoms with E-state index in [1.165, 1.54) is 12.1 Å². The molecule has 0 aliphatic rings. The number of benzene rings is 1. The van der Waals surface area contributed by atoms with Gasteiger partial charge in [-0.1, -0.05) is 6.08 Å². The third-order valence-electron chi connectivity index (χ3n) is 2.02. The van der Waals surface area contributed by atoms with Crippen LogP contribution in [0.2, 0.25) is 0 Å². The normalized spacial score (nSPS) is 13.2. The van der Waals surface area contributed by atoms with E-state index in [2.05, 4.69) is 6.58 Å². The molecular formula is C12H13F3O. The lowest BCUT2D eigenvalue weighted by atomic mass is 10.2. The minimum atomic E-state index is -4.30. The van der Waals surface area contributed by atoms with Gasteiger partial charge in [0.15, 0.2) is 0 Å². The van der Waals surface area contributed by atoms with E-state index in [1.54, 1.807) is 6.08 Å². The van der Waals surface area contributed by atoms with Crippen LogP contribution in [0.15, 0.2) is 36.9 Å². The number of hydrogen-bond donors (Lipinski definition) is 0. The van der Waals surface area contributed by atoms with Crippen molar-refractivity contribution < 1.29 is 17.9 Å². The second-order valence-electron chi connectivity index (χ2n) is 3.47. The van der Waals surface area contributed by atoms with Gasteiger partial charge < -0.3 is 4.74 Å². The van der Waals surface area contributed by atoms with Gasteiger partial charge in [0.25, 0.3) is 0 Å². The molecule has 0 bridgehead atoms. The molecular weight excluding hydrogens is 217 g/mol. The highest BCUT2D eigenvalue weighted by Gasteiger charge is 2.30. The molecule has 0 aromatic heterocycles. The molecule has 88 valence electrons. The van der Waals surface area contributed by atoms with E-state index < -0.39 is 11.7 Å². The maximum Gasteiger partial charge on any atom is 0.416 e. The Morgan fingerprint density at radius 1 is 1.31 bits per heavy atom. The van der Waals surface area contributed by atoms with Gasteiger partial charge in [-0.25, -0.2) is 0 Å². The molecule has 0 N–H and O–H groups in total. The van der Waals surface area contributed by atoms with Crippen molar-refractivity contribution in [1.29, 1.82) is 0 Å². The zero-order valence-corrected chi connectivity index (χ0v) is 8.92. The fourth-order valence-electron chi connectivity index (χ4n) is 1.24. The highest BCUT2D eigenvalue weighted by molar-refractivity contribution is 5.29. The van der Waals surface area contributed by atoms with Crippen molar-refractivity contribution >= 4 is 0 Å². The Balaban J connectivity index is 2.68. The molecule has 0 spiro atoms. The third kappa shape index (κ3) is 3.61. The van der Waals surface area contributed by atoms with Crippen LogP contribution in [0.4, 0.5) is 13.2 Å². The van der Waals surface area contributed by atoms with E-state index in [-0.39, 0.29) is 6.10 Å². The summed E-state index contributed by atoms with van der Waals surface area (Å²) < 4.78 is 42.1. The molecule has 1 unspecified atom stereocenters. The van der Waals surface area contributed by atoms with Crippen LogP contribution < -0.4 is 4.74 Å². The van der Waals surface area contributed by atoms with Crippen LogP contribution in [-0.4, -0.2) is 6.10 Å². The SMILES string of the molecule is C=CCC(C)Oc1ccc(C(F)(F)F)cc1. The number of halogens is 3. The fraction of sp³-hybridized carbons (Fsp3) is 0.333. The molecule has 1 rings (SSSR count). The highest BCUT2D eigenvalue weighted by atomic mass is 19.4. The maximum atomic E-state index is 12.2. The molecule has 16 heavy (non-hydrogen) atoms. The first-order valence-corrected chi connectivity index (χ1v) is 4.88. The first-order chi connectivity index (χ1) is 7.43. The van der Waals surface area contributed by atoms with Gasteiger partial charge in [0.05, 0.1) is 11.7 Å². The van der Waals surface area contributed by atoms with Crippen molar-refractivity contribution in [3.63, 3.8) is 0 Å². The summed E-state index contributed by atoms with van der Waals surface area (Å²) >= 11 is 0. The lowest BCUT2D eigenvalue weighted by Gasteiger charge is -2.13. The molecule has 0 saturated carbocycles. The van der Waals surface area contributed by atoms with Gasteiger partial charge in [0.1, 0.15) is 5.75 Å². The van der Waals surface area contributed by atoms with E-state index in [0.717, 1.165) is 12.1 Å². The Hall–Kier alpha value is -1.45. The Labute approximate surface area is 92.5 Å². The topological polar surface area (TPSA) is 9.23 Å². The number of rotatable bonds is 4. The lowest BCUT2D eigenvalue weighted by molar-refractivity contribution is -0.137. The van der Waals surface area contributed by atoms with Gasteiger partial charge in [-0.15, -0.1) is 6.58 Å². The van der Waals surface area contributed by atoms with Gasteiger partial charge >= 0.3 is 6.18 Å². The summed E-state index contributed by atoms with van der Waals surface area (Å²) in [6.45, 7) is 5.39. The van der Waals surface area contributed by atoms with Crippen LogP contribution >= 0.6 is 0 Å². The van der Waals surface area contributed by atoms with E-state index in [4.69, 9.17) is 4.74 Å². The zero-order chi connectivity index (χ0) is 12.2. The van der Waals surface area contributed by atoms with Crippen LogP contribution in [0.25, 0.3) is 0 Å². The third-order valence-corrected chi connectivity index (χ3v) is 2.02. The quantitative estimate of drug-likeness (QED) is 0.709. The molecule has 1 atom stereocenters. The number of alkyl halides is 3. The van der Waals surface area contributed by atoms with Crippen molar-refractivity contribution in [2.75, 3.05) is 0 Å². The van der Waals surface area contributed by atoms with E-state index in [0.29, 0.717) is 12.2 Å². The van der Waals surface area contributed by atoms with Gasteiger partial charge in [0, 0.05) is 6.42 Å². The standard InChI is InChI=1S/C12H13F3O/c1-3-4-9(2)16-11-7-5-10(6-8-11)12(13,14)15/h3,5-9H,1,4H2,2H3. The fourth-order valence-corrected chi connectivity index (χ4v) is 1.24. The van der Waals surface area contributed by atoms with Crippen molar-refractivity contribution in [3.8, 4) is 5.75 Å². The average molecular weight is 230 g/mol. The van der Waals surface area contributed by atoms with Crippen LogP contribution in [-0.2, 0) is 6.18 Å². The predicted octanol–water partition coefficient (Wildman–Crippen LogP) is 4.05. The average Bonchev–Trinajstić information content (AvgIpc) is 2.17. The highest BCUT2D eigenvalue weighted by Crippen LogP contribution is 2.30. The number of hydrogen-bond acceptors (Lipinski definition) is 1. The van der Waals surface area contributed by atoms with Crippen molar-refractivity contribution in [2.24, 2.45) is 0 Å². The van der Waals surface area contributed by atoms with Crippen molar-refractivity contribution in [3.05, 3.63) is 42.5 Å². The van der Waals surface area contributed by atoms with Gasteiger partial charge in [-0.2, -0.15) is 13.2 Å². The molecule has 0 saturated heterocycles. The summed E-state index contributed by atoms with van der Waals surface area (Å²) in [5, 5.41) is 0. The Kier molecular flexibility index (Phi) is 3.99. The van der Waals surface area contributed by atoms with E-state index in [1.807, 2.05) is 6.92 Å². The Morgan fingerprint density at radius 3 is 2.31 bits per heavy atom. The summed E-state index contributed by atoms with van der Waals surface area (Å²) in [7, 11) is 0. The van der Waals surface area contributed by atoms with Gasteiger partial charge in [0.2, 0.25) is 0 Å². The minimum absolute atomic E-state index is 0.0887. The zero-order valence-electron chi connectivity index (χ0n) is 8.92. The van der Waals surface area contributed by atoms with Gasteiger partial charge in [-0.3, -0.25) is 0 Å². The van der Waals surface area contributed by atoms with Crippen LogP contribution in [0.1, 0.15) is 18.9 Å². The second kappa shape index (κ2) is 5.05. The molecule has 1 aromatic rings. The summed E-state index contributed by atoms with van der Waals surface area (Å²) in [4.78, 5) is 0. The minimum Gasteiger partial charge on any atom is -0.490 e. The molecule has 0 aliphatic heterocycles. The number of ether oxygens (including phenoxy) is 1. The summed E-state index contributed by atoms with van der Waals surface area (Å²) in [5.41, 5.74) is -0.670. The lowest BCUT2D eigenvalue weighted by Crippen LogP contribution is -2.10. The first-order valence-electron chi connectivity index (χ1n) is 4.88. The Morgan fingerprint density at radius 2 is 1.88 bits per heavy atom. The summed E-state index contributed by atoms with van der Waals surface area (Å²) in [5.74, 6) is 0.433. The molecule has 1 aromatic carbocycles. The molecule has 0 amide bonds. The second-order valence-corrected chi connectivity index (χ2v) is 3.47. The van der Waals surface area contributed by atoms with Crippen molar-refractivity contribution in [1.82, 2.24) is 0 Å². The smallest absolute Gasteiger partial charge is 0.416 e. The molecule has 0 aliphatic carbocycles. The first kappa shape index (κ1) is 12.6. The van der Waals surface area contributed by atoms with Crippen LogP contribution in [0.5, 0.6) is 5.75 Å². The maximum absolute atomic E-state index is 12.2. The molecule has 0 heterocycles. The van der Waals surface area contributed by atoms with Crippen LogP contribution in [0.3, 0.4) is 0 Å². The monoisotopic (exact) mass is 230 g/mol. The van der Waals surface area contributed by atoms with Gasteiger partial charge in [-0.05, 0) is 31.2 Å². The molecule has 1 nitrogen and oxygen atoms in total. The van der Waals surface area contributed by atoms with Crippen LogP contribution in [0, 0.1) is 0 Å². The summed E-state index contributed by atoms with van der Waals surface area (Å²) in [6.07, 6.45) is -2.03. The van der Waals surface area contributed by atoms with Crippen molar-refractivity contribution in [2.45, 2.75) is 25.6 Å². The Bertz CT molecular complexity index is 340. The predicted molar refractivity (Wildman–Crippen MR) is 56.3 cm³/mol. The van der Waals surface area contributed by atoms with E-state index >= 15 is 0 Å². The molecule has 0 fully saturated rings. The molecule has 0 radical (unpaired) electrons. The summed E-state index contributed by atoms with van der Waals surface area (Å²) in [6, 6.07) is 4.66. The molecule has 4 heteroatoms. The van der Waals surface area contributed by atoms with E-state index in [9.17, 15) is 13.2 Å².